The monoisotopic (exact) mass is 281 g/mol. The second kappa shape index (κ2) is 6.01. The summed E-state index contributed by atoms with van der Waals surface area (Å²) in [5.41, 5.74) is 5.61. The standard InChI is InChI=1S/C14H23N3OS/c1-10-4-3-5-14(15,8-10)13(18)17-9-11(2)12-16-6-7-19-12/h6-7,10-11H,3-5,8-9,15H2,1-2H3,(H,17,18). The van der Waals surface area contributed by atoms with Crippen molar-refractivity contribution >= 4 is 17.2 Å². The summed E-state index contributed by atoms with van der Waals surface area (Å²) in [6, 6.07) is 0. The lowest BCUT2D eigenvalue weighted by molar-refractivity contribution is -0.128. The molecule has 3 N–H and O–H groups in total. The Morgan fingerprint density at radius 2 is 2.53 bits per heavy atom. The number of carbonyl (C=O) groups is 1. The molecule has 1 saturated carbocycles. The van der Waals surface area contributed by atoms with Crippen molar-refractivity contribution in [3.63, 3.8) is 0 Å². The van der Waals surface area contributed by atoms with Crippen LogP contribution in [0.3, 0.4) is 0 Å². The summed E-state index contributed by atoms with van der Waals surface area (Å²) in [5, 5.41) is 6.02. The van der Waals surface area contributed by atoms with Crippen molar-refractivity contribution in [2.75, 3.05) is 6.54 Å². The molecule has 1 amide bonds. The fourth-order valence-corrected chi connectivity index (χ4v) is 3.48. The highest BCUT2D eigenvalue weighted by molar-refractivity contribution is 7.09. The van der Waals surface area contributed by atoms with Crippen molar-refractivity contribution in [3.8, 4) is 0 Å². The number of nitrogens with one attached hydrogen (secondary N) is 1. The van der Waals surface area contributed by atoms with Crippen LogP contribution in [0.5, 0.6) is 0 Å². The van der Waals surface area contributed by atoms with E-state index < -0.39 is 5.54 Å². The lowest BCUT2D eigenvalue weighted by Crippen LogP contribution is -2.56. The van der Waals surface area contributed by atoms with E-state index in [1.165, 1.54) is 6.42 Å². The molecule has 0 aliphatic heterocycles. The molecular weight excluding hydrogens is 258 g/mol. The van der Waals surface area contributed by atoms with Gasteiger partial charge >= 0.3 is 0 Å². The van der Waals surface area contributed by atoms with Crippen LogP contribution in [0.25, 0.3) is 0 Å². The van der Waals surface area contributed by atoms with Crippen molar-refractivity contribution in [3.05, 3.63) is 16.6 Å². The van der Waals surface area contributed by atoms with Crippen LogP contribution < -0.4 is 11.1 Å². The molecule has 4 nitrogen and oxygen atoms in total. The molecule has 1 aromatic rings. The van der Waals surface area contributed by atoms with Gasteiger partial charge in [-0.05, 0) is 18.8 Å². The van der Waals surface area contributed by atoms with Gasteiger partial charge in [-0.1, -0.05) is 26.7 Å². The Hall–Kier alpha value is -0.940. The lowest BCUT2D eigenvalue weighted by atomic mass is 9.76. The fraction of sp³-hybridized carbons (Fsp3) is 0.714. The van der Waals surface area contributed by atoms with E-state index >= 15 is 0 Å². The number of aromatic nitrogens is 1. The van der Waals surface area contributed by atoms with Gasteiger partial charge in [0.25, 0.3) is 0 Å². The van der Waals surface area contributed by atoms with Gasteiger partial charge in [-0.2, -0.15) is 0 Å². The fourth-order valence-electron chi connectivity index (χ4n) is 2.79. The Morgan fingerprint density at radius 1 is 1.74 bits per heavy atom. The minimum Gasteiger partial charge on any atom is -0.354 e. The van der Waals surface area contributed by atoms with E-state index in [1.54, 1.807) is 17.5 Å². The summed E-state index contributed by atoms with van der Waals surface area (Å²) in [5.74, 6) is 0.789. The van der Waals surface area contributed by atoms with E-state index in [1.807, 2.05) is 5.38 Å². The average molecular weight is 281 g/mol. The minimum absolute atomic E-state index is 0.00227. The van der Waals surface area contributed by atoms with Crippen LogP contribution in [-0.4, -0.2) is 23.0 Å². The highest BCUT2D eigenvalue weighted by atomic mass is 32.1. The largest absolute Gasteiger partial charge is 0.354 e. The number of thiazole rings is 1. The second-order valence-corrected chi connectivity index (χ2v) is 6.77. The van der Waals surface area contributed by atoms with Crippen LogP contribution in [0.15, 0.2) is 11.6 Å². The molecule has 3 atom stereocenters. The van der Waals surface area contributed by atoms with Gasteiger partial charge in [-0.25, -0.2) is 4.98 Å². The first-order valence-corrected chi connectivity index (χ1v) is 7.86. The Kier molecular flexibility index (Phi) is 4.58. The first-order valence-electron chi connectivity index (χ1n) is 6.98. The van der Waals surface area contributed by atoms with Gasteiger partial charge in [0.2, 0.25) is 5.91 Å². The summed E-state index contributed by atoms with van der Waals surface area (Å²) in [7, 11) is 0. The third-order valence-electron chi connectivity index (χ3n) is 3.93. The average Bonchev–Trinajstić information content (AvgIpc) is 2.89. The molecule has 1 aromatic heterocycles. The molecule has 1 aliphatic rings. The van der Waals surface area contributed by atoms with E-state index in [-0.39, 0.29) is 11.8 Å². The number of hydrogen-bond acceptors (Lipinski definition) is 4. The highest BCUT2D eigenvalue weighted by Crippen LogP contribution is 2.30. The van der Waals surface area contributed by atoms with E-state index in [0.29, 0.717) is 12.5 Å². The SMILES string of the molecule is CC1CCCC(N)(C(=O)NCC(C)c2nccs2)C1. The third-order valence-corrected chi connectivity index (χ3v) is 4.93. The van der Waals surface area contributed by atoms with Crippen molar-refractivity contribution in [2.45, 2.75) is 51.0 Å². The molecule has 106 valence electrons. The van der Waals surface area contributed by atoms with Crippen molar-refractivity contribution in [1.29, 1.82) is 0 Å². The molecule has 1 aliphatic carbocycles. The summed E-state index contributed by atoms with van der Waals surface area (Å²) < 4.78 is 0. The summed E-state index contributed by atoms with van der Waals surface area (Å²) in [4.78, 5) is 16.6. The first-order chi connectivity index (χ1) is 9.01. The predicted octanol–water partition coefficient (Wildman–Crippen LogP) is 2.27. The first kappa shape index (κ1) is 14.5. The molecule has 0 bridgehead atoms. The summed E-state index contributed by atoms with van der Waals surface area (Å²) in [6.07, 6.45) is 5.62. The molecule has 5 heteroatoms. The molecule has 0 spiro atoms. The van der Waals surface area contributed by atoms with Crippen LogP contribution in [0, 0.1) is 5.92 Å². The minimum atomic E-state index is -0.666. The molecular formula is C14H23N3OS. The predicted molar refractivity (Wildman–Crippen MR) is 78.1 cm³/mol. The van der Waals surface area contributed by atoms with Gasteiger partial charge < -0.3 is 11.1 Å². The van der Waals surface area contributed by atoms with Crippen LogP contribution in [0.1, 0.15) is 50.5 Å². The number of amides is 1. The number of hydrogen-bond donors (Lipinski definition) is 2. The number of nitrogens with zero attached hydrogens (tertiary/aromatic N) is 1. The third kappa shape index (κ3) is 3.54. The molecule has 19 heavy (non-hydrogen) atoms. The molecule has 1 fully saturated rings. The zero-order valence-corrected chi connectivity index (χ0v) is 12.5. The Bertz CT molecular complexity index is 420. The van der Waals surface area contributed by atoms with Gasteiger partial charge in [-0.3, -0.25) is 4.79 Å². The normalized spacial score (nSPS) is 28.9. The Balaban J connectivity index is 1.87. The van der Waals surface area contributed by atoms with E-state index in [2.05, 4.69) is 24.1 Å². The molecule has 0 aromatic carbocycles. The van der Waals surface area contributed by atoms with E-state index in [9.17, 15) is 4.79 Å². The van der Waals surface area contributed by atoms with Crippen LogP contribution in [0.4, 0.5) is 0 Å². The van der Waals surface area contributed by atoms with Gasteiger partial charge in [0.1, 0.15) is 0 Å². The lowest BCUT2D eigenvalue weighted by Gasteiger charge is -2.35. The van der Waals surface area contributed by atoms with Gasteiger partial charge in [0, 0.05) is 24.0 Å². The number of carbonyl (C=O) groups excluding carboxylic acids is 1. The molecule has 2 rings (SSSR count). The second-order valence-electron chi connectivity index (χ2n) is 5.84. The maximum Gasteiger partial charge on any atom is 0.240 e. The van der Waals surface area contributed by atoms with Crippen molar-refractivity contribution in [1.82, 2.24) is 10.3 Å². The van der Waals surface area contributed by atoms with Gasteiger partial charge in [0.15, 0.2) is 0 Å². The van der Waals surface area contributed by atoms with Gasteiger partial charge in [-0.15, -0.1) is 11.3 Å². The van der Waals surface area contributed by atoms with Crippen molar-refractivity contribution < 1.29 is 4.79 Å². The quantitative estimate of drug-likeness (QED) is 0.889. The Labute approximate surface area is 118 Å². The van der Waals surface area contributed by atoms with E-state index in [0.717, 1.165) is 24.3 Å². The maximum absolute atomic E-state index is 12.3. The molecule has 1 heterocycles. The number of nitrogens with two attached hydrogens (primary N) is 1. The smallest absolute Gasteiger partial charge is 0.240 e. The van der Waals surface area contributed by atoms with Crippen LogP contribution in [-0.2, 0) is 4.79 Å². The molecule has 0 saturated heterocycles. The molecule has 0 radical (unpaired) electrons. The Morgan fingerprint density at radius 3 is 3.16 bits per heavy atom. The zero-order valence-electron chi connectivity index (χ0n) is 11.7. The zero-order chi connectivity index (χ0) is 13.9. The maximum atomic E-state index is 12.3. The van der Waals surface area contributed by atoms with Gasteiger partial charge in [0.05, 0.1) is 10.5 Å². The van der Waals surface area contributed by atoms with E-state index in [4.69, 9.17) is 5.73 Å². The van der Waals surface area contributed by atoms with Crippen LogP contribution in [0.2, 0.25) is 0 Å². The number of rotatable bonds is 4. The topological polar surface area (TPSA) is 68.0 Å². The summed E-state index contributed by atoms with van der Waals surface area (Å²) >= 11 is 1.62. The highest BCUT2D eigenvalue weighted by Gasteiger charge is 2.37. The van der Waals surface area contributed by atoms with Crippen LogP contribution >= 0.6 is 11.3 Å². The van der Waals surface area contributed by atoms with Crippen molar-refractivity contribution in [2.24, 2.45) is 11.7 Å². The summed E-state index contributed by atoms with van der Waals surface area (Å²) in [6.45, 7) is 4.86. The molecule has 3 unspecified atom stereocenters.